The molecule has 1 N–H and O–H groups in total. The number of hydrogen-bond donors (Lipinski definition) is 1. The fourth-order valence-corrected chi connectivity index (χ4v) is 4.07. The number of nitrogens with zero attached hydrogens (tertiary/aromatic N) is 5. The van der Waals surface area contributed by atoms with Crippen LogP contribution in [0.2, 0.25) is 0 Å². The van der Waals surface area contributed by atoms with Crippen molar-refractivity contribution in [2.75, 3.05) is 13.6 Å². The lowest BCUT2D eigenvalue weighted by Crippen LogP contribution is -2.34. The molecular weight excluding hydrogens is 400 g/mol. The number of hydrogen-bond acceptors (Lipinski definition) is 5. The van der Waals surface area contributed by atoms with Crippen LogP contribution in [-0.2, 0) is 0 Å². The second kappa shape index (κ2) is 9.40. The molecule has 0 saturated carbocycles. The number of carbonyl (C=O) groups is 1. The van der Waals surface area contributed by atoms with Crippen molar-refractivity contribution in [1.29, 1.82) is 5.26 Å². The number of H-pyrrole nitrogens is 1. The van der Waals surface area contributed by atoms with Gasteiger partial charge in [-0.2, -0.15) is 10.4 Å². The maximum Gasteiger partial charge on any atom is 0.255 e. The number of nitrogens with one attached hydrogen (secondary N) is 1. The molecule has 1 fully saturated rings. The van der Waals surface area contributed by atoms with Crippen LogP contribution in [0.5, 0.6) is 0 Å². The molecule has 1 aliphatic rings. The fraction of sp³-hybridized carbons (Fsp3) is 0.240. The minimum absolute atomic E-state index is 0.0749. The molecule has 32 heavy (non-hydrogen) atoms. The van der Waals surface area contributed by atoms with Crippen molar-refractivity contribution >= 4 is 24.0 Å². The summed E-state index contributed by atoms with van der Waals surface area (Å²) in [7, 11) is 1.74. The van der Waals surface area contributed by atoms with E-state index < -0.39 is 0 Å². The monoisotopic (exact) mass is 424 g/mol. The van der Waals surface area contributed by atoms with Gasteiger partial charge in [0, 0.05) is 55.3 Å². The summed E-state index contributed by atoms with van der Waals surface area (Å²) in [6.07, 6.45) is 8.18. The molecule has 2 atom stereocenters. The molecule has 0 unspecified atom stereocenters. The topological polar surface area (TPSA) is 97.5 Å². The number of aliphatic imine (C=N–C) groups is 2. The van der Waals surface area contributed by atoms with Crippen molar-refractivity contribution in [3.8, 4) is 17.2 Å². The first-order chi connectivity index (χ1) is 15.6. The number of carbonyl (C=O) groups excluding carboxylic acids is 1. The van der Waals surface area contributed by atoms with Gasteiger partial charge in [0.05, 0.1) is 29.1 Å². The van der Waals surface area contributed by atoms with E-state index in [0.717, 1.165) is 28.8 Å². The van der Waals surface area contributed by atoms with Gasteiger partial charge in [0.15, 0.2) is 0 Å². The molecule has 3 aromatic rings. The lowest BCUT2D eigenvalue weighted by atomic mass is 10.0. The van der Waals surface area contributed by atoms with E-state index in [2.05, 4.69) is 21.3 Å². The Balaban J connectivity index is 1.52. The predicted molar refractivity (Wildman–Crippen MR) is 125 cm³/mol. The molecule has 0 aliphatic carbocycles. The van der Waals surface area contributed by atoms with Crippen LogP contribution < -0.4 is 0 Å². The Kier molecular flexibility index (Phi) is 6.22. The Hall–Kier alpha value is -4.05. The summed E-state index contributed by atoms with van der Waals surface area (Å²) in [4.78, 5) is 23.8. The molecule has 2 heterocycles. The summed E-state index contributed by atoms with van der Waals surface area (Å²) in [6, 6.07) is 15.2. The first kappa shape index (κ1) is 21.2. The van der Waals surface area contributed by atoms with E-state index in [-0.39, 0.29) is 17.9 Å². The molecule has 2 aromatic carbocycles. The largest absolute Gasteiger partial charge is 0.335 e. The highest BCUT2D eigenvalue weighted by atomic mass is 16.2. The number of aromatic nitrogens is 2. The third kappa shape index (κ3) is 4.35. The van der Waals surface area contributed by atoms with E-state index in [0.29, 0.717) is 17.7 Å². The van der Waals surface area contributed by atoms with E-state index in [4.69, 9.17) is 4.99 Å². The number of benzene rings is 2. The fourth-order valence-electron chi connectivity index (χ4n) is 4.07. The Labute approximate surface area is 187 Å². The number of aromatic amines is 1. The average molecular weight is 425 g/mol. The van der Waals surface area contributed by atoms with Crippen molar-refractivity contribution in [2.45, 2.75) is 19.4 Å². The van der Waals surface area contributed by atoms with Crippen molar-refractivity contribution in [3.63, 3.8) is 0 Å². The van der Waals surface area contributed by atoms with Gasteiger partial charge >= 0.3 is 0 Å². The average Bonchev–Trinajstić information content (AvgIpc) is 3.48. The summed E-state index contributed by atoms with van der Waals surface area (Å²) in [5.41, 5.74) is 4.65. The van der Waals surface area contributed by atoms with Crippen LogP contribution in [0.1, 0.15) is 34.8 Å². The van der Waals surface area contributed by atoms with Crippen molar-refractivity contribution in [1.82, 2.24) is 15.1 Å². The molecule has 160 valence electrons. The standard InChI is InChI=1S/C25H24N6O/c1-17-9-18(16-31(17)25(32)23-6-4-3-5-20(23)11-26)12-28-24-8-7-19(10-21(24)13-27-2)22-14-29-30-15-22/h3-8,10,12-15,17-18H,9,16H2,1-2H3,(H,29,30)/b27-13-,28-12+/t17-,18+/m0/s1. The van der Waals surface area contributed by atoms with Gasteiger partial charge in [0.25, 0.3) is 5.91 Å². The van der Waals surface area contributed by atoms with Gasteiger partial charge in [-0.3, -0.25) is 19.9 Å². The number of rotatable bonds is 5. The molecule has 4 rings (SSSR count). The molecular formula is C25H24N6O. The van der Waals surface area contributed by atoms with Crippen molar-refractivity contribution < 1.29 is 4.79 Å². The van der Waals surface area contributed by atoms with Gasteiger partial charge in [-0.1, -0.05) is 18.2 Å². The molecule has 0 bridgehead atoms. The molecule has 0 spiro atoms. The molecule has 0 radical (unpaired) electrons. The van der Waals surface area contributed by atoms with E-state index in [1.54, 1.807) is 43.7 Å². The predicted octanol–water partition coefficient (Wildman–Crippen LogP) is 4.25. The minimum atomic E-state index is -0.103. The van der Waals surface area contributed by atoms with E-state index in [1.807, 2.05) is 42.4 Å². The van der Waals surface area contributed by atoms with Crippen LogP contribution in [-0.4, -0.2) is 53.1 Å². The van der Waals surface area contributed by atoms with Crippen LogP contribution in [0.25, 0.3) is 11.1 Å². The summed E-state index contributed by atoms with van der Waals surface area (Å²) < 4.78 is 0. The zero-order chi connectivity index (χ0) is 22.5. The summed E-state index contributed by atoms with van der Waals surface area (Å²) >= 11 is 0. The van der Waals surface area contributed by atoms with E-state index >= 15 is 0 Å². The van der Waals surface area contributed by atoms with Crippen molar-refractivity contribution in [3.05, 3.63) is 71.5 Å². The van der Waals surface area contributed by atoms with Crippen LogP contribution in [0.15, 0.2) is 64.8 Å². The Morgan fingerprint density at radius 3 is 2.88 bits per heavy atom. The normalized spacial score (nSPS) is 18.5. The number of amides is 1. The smallest absolute Gasteiger partial charge is 0.255 e. The summed E-state index contributed by atoms with van der Waals surface area (Å²) in [5, 5.41) is 16.2. The first-order valence-electron chi connectivity index (χ1n) is 10.5. The summed E-state index contributed by atoms with van der Waals surface area (Å²) in [6.45, 7) is 2.61. The quantitative estimate of drug-likeness (QED) is 0.620. The molecule has 1 saturated heterocycles. The number of likely N-dealkylation sites (tertiary alicyclic amines) is 1. The van der Waals surface area contributed by atoms with Crippen LogP contribution in [0, 0.1) is 17.2 Å². The maximum absolute atomic E-state index is 13.1. The van der Waals surface area contributed by atoms with Gasteiger partial charge < -0.3 is 4.90 Å². The molecule has 1 aliphatic heterocycles. The number of nitriles is 1. The Bertz CT molecular complexity index is 1210. The Morgan fingerprint density at radius 1 is 1.28 bits per heavy atom. The van der Waals surface area contributed by atoms with Crippen LogP contribution in [0.4, 0.5) is 5.69 Å². The summed E-state index contributed by atoms with van der Waals surface area (Å²) in [5.74, 6) is 0.0389. The van der Waals surface area contributed by atoms with Crippen molar-refractivity contribution in [2.24, 2.45) is 15.9 Å². The van der Waals surface area contributed by atoms with Gasteiger partial charge in [-0.25, -0.2) is 0 Å². The third-order valence-corrected chi connectivity index (χ3v) is 5.70. The second-order valence-corrected chi connectivity index (χ2v) is 7.89. The second-order valence-electron chi connectivity index (χ2n) is 7.89. The lowest BCUT2D eigenvalue weighted by molar-refractivity contribution is 0.0745. The zero-order valence-electron chi connectivity index (χ0n) is 18.1. The maximum atomic E-state index is 13.1. The highest BCUT2D eigenvalue weighted by molar-refractivity contribution is 5.97. The van der Waals surface area contributed by atoms with Crippen LogP contribution in [0.3, 0.4) is 0 Å². The van der Waals surface area contributed by atoms with E-state index in [9.17, 15) is 10.1 Å². The van der Waals surface area contributed by atoms with Gasteiger partial charge in [0.2, 0.25) is 0 Å². The lowest BCUT2D eigenvalue weighted by Gasteiger charge is -2.21. The van der Waals surface area contributed by atoms with Crippen LogP contribution >= 0.6 is 0 Å². The minimum Gasteiger partial charge on any atom is -0.335 e. The third-order valence-electron chi connectivity index (χ3n) is 5.70. The molecule has 7 nitrogen and oxygen atoms in total. The SMILES string of the molecule is C/N=C\c1cc(-c2cn[nH]c2)ccc1/N=C/[C@H]1C[C@H](C)N(C(=O)c2ccccc2C#N)C1. The highest BCUT2D eigenvalue weighted by Crippen LogP contribution is 2.28. The Morgan fingerprint density at radius 2 is 2.12 bits per heavy atom. The van der Waals surface area contributed by atoms with E-state index in [1.165, 1.54) is 0 Å². The molecule has 1 aromatic heterocycles. The van der Waals surface area contributed by atoms with Gasteiger partial charge in [-0.05, 0) is 43.2 Å². The molecule has 7 heteroatoms. The van der Waals surface area contributed by atoms with Gasteiger partial charge in [-0.15, -0.1) is 0 Å². The van der Waals surface area contributed by atoms with Gasteiger partial charge in [0.1, 0.15) is 0 Å². The zero-order valence-corrected chi connectivity index (χ0v) is 18.1. The molecule has 1 amide bonds. The highest BCUT2D eigenvalue weighted by Gasteiger charge is 2.32. The first-order valence-corrected chi connectivity index (χ1v) is 10.5.